The molecular weight excluding hydrogens is 404 g/mol. The highest BCUT2D eigenvalue weighted by Gasteiger charge is 2.33. The number of nitrogens with one attached hydrogen (secondary N) is 3. The largest absolute Gasteiger partial charge is 0.467 e. The molecule has 0 aromatic rings. The van der Waals surface area contributed by atoms with Crippen LogP contribution in [0, 0.1) is 17.8 Å². The van der Waals surface area contributed by atoms with E-state index >= 15 is 0 Å². The smallest absolute Gasteiger partial charge is 0.328 e. The van der Waals surface area contributed by atoms with Gasteiger partial charge in [0.1, 0.15) is 12.1 Å². The number of thiol groups is 1. The molecule has 0 heterocycles. The zero-order valence-electron chi connectivity index (χ0n) is 19.5. The van der Waals surface area contributed by atoms with E-state index in [2.05, 4.69) is 28.6 Å². The molecule has 0 aliphatic rings. The van der Waals surface area contributed by atoms with Gasteiger partial charge in [0.2, 0.25) is 11.8 Å². The van der Waals surface area contributed by atoms with Gasteiger partial charge in [0.05, 0.1) is 13.2 Å². The first-order chi connectivity index (χ1) is 14.0. The molecule has 5 N–H and O–H groups in total. The van der Waals surface area contributed by atoms with Crippen LogP contribution >= 0.6 is 12.6 Å². The van der Waals surface area contributed by atoms with Gasteiger partial charge in [-0.25, -0.2) is 4.79 Å². The number of hydrogen-bond donors (Lipinski definition) is 5. The van der Waals surface area contributed by atoms with Crippen molar-refractivity contribution in [2.24, 2.45) is 23.5 Å². The van der Waals surface area contributed by atoms with Crippen LogP contribution in [0.4, 0.5) is 0 Å². The first-order valence-electron chi connectivity index (χ1n) is 10.8. The maximum absolute atomic E-state index is 13.0. The number of esters is 1. The maximum atomic E-state index is 13.0. The van der Waals surface area contributed by atoms with Gasteiger partial charge in [0.25, 0.3) is 0 Å². The second kappa shape index (κ2) is 14.6. The van der Waals surface area contributed by atoms with Crippen molar-refractivity contribution in [2.45, 2.75) is 78.6 Å². The molecule has 1 unspecified atom stereocenters. The van der Waals surface area contributed by atoms with E-state index in [1.807, 2.05) is 41.5 Å². The Morgan fingerprint density at radius 1 is 1.00 bits per heavy atom. The number of nitrogens with two attached hydrogens (primary N) is 1. The van der Waals surface area contributed by atoms with Crippen molar-refractivity contribution >= 4 is 30.4 Å². The first-order valence-corrected chi connectivity index (χ1v) is 11.4. The van der Waals surface area contributed by atoms with Crippen molar-refractivity contribution in [3.8, 4) is 0 Å². The standard InChI is InChI=1S/C21H42N4O4S/c1-8-14(6)18(20(27)24-16(9-12(2)3)21(28)29-7)25-19(26)17(13(4)5)23-10-15(22)11-30/h12-18,23,30H,8-11,22H2,1-7H3,(H,24,27)(H,25,26)/t14?,15-,16+,17+,18+/m1/s1. The zero-order chi connectivity index (χ0) is 23.4. The minimum absolute atomic E-state index is 0.00141. The zero-order valence-corrected chi connectivity index (χ0v) is 20.4. The van der Waals surface area contributed by atoms with E-state index in [0.717, 1.165) is 0 Å². The predicted molar refractivity (Wildman–Crippen MR) is 123 cm³/mol. The molecule has 9 heteroatoms. The van der Waals surface area contributed by atoms with E-state index in [-0.39, 0.29) is 35.6 Å². The minimum Gasteiger partial charge on any atom is -0.467 e. The molecule has 8 nitrogen and oxygen atoms in total. The van der Waals surface area contributed by atoms with Gasteiger partial charge >= 0.3 is 5.97 Å². The van der Waals surface area contributed by atoms with Crippen LogP contribution in [0.5, 0.6) is 0 Å². The lowest BCUT2D eigenvalue weighted by Crippen LogP contribution is -2.59. The van der Waals surface area contributed by atoms with Crippen LogP contribution in [0.15, 0.2) is 0 Å². The number of carbonyl (C=O) groups excluding carboxylic acids is 3. The Labute approximate surface area is 187 Å². The third-order valence-electron chi connectivity index (χ3n) is 5.09. The first kappa shape index (κ1) is 28.7. The SMILES string of the molecule is CCC(C)[C@H](NC(=O)[C@@H](NC[C@@H](N)CS)C(C)C)C(=O)N[C@@H](CC(C)C)C(=O)OC. The summed E-state index contributed by atoms with van der Waals surface area (Å²) in [7, 11) is 1.30. The summed E-state index contributed by atoms with van der Waals surface area (Å²) in [5, 5.41) is 8.82. The summed E-state index contributed by atoms with van der Waals surface area (Å²) >= 11 is 4.17. The van der Waals surface area contributed by atoms with E-state index < -0.39 is 24.1 Å². The molecule has 2 amide bonds. The fourth-order valence-electron chi connectivity index (χ4n) is 3.01. The molecule has 0 spiro atoms. The summed E-state index contributed by atoms with van der Waals surface area (Å²) in [6.07, 6.45) is 1.15. The summed E-state index contributed by atoms with van der Waals surface area (Å²) in [6, 6.07) is -2.18. The van der Waals surface area contributed by atoms with E-state index in [9.17, 15) is 14.4 Å². The molecule has 176 valence electrons. The second-order valence-corrected chi connectivity index (χ2v) is 9.02. The van der Waals surface area contributed by atoms with E-state index in [4.69, 9.17) is 10.5 Å². The molecule has 0 aliphatic carbocycles. The van der Waals surface area contributed by atoms with Crippen LogP contribution in [0.3, 0.4) is 0 Å². The second-order valence-electron chi connectivity index (χ2n) is 8.66. The van der Waals surface area contributed by atoms with Gasteiger partial charge in [-0.3, -0.25) is 9.59 Å². The Kier molecular flexibility index (Phi) is 14.0. The molecular formula is C21H42N4O4S. The highest BCUT2D eigenvalue weighted by molar-refractivity contribution is 7.80. The van der Waals surface area contributed by atoms with Gasteiger partial charge in [-0.15, -0.1) is 0 Å². The average Bonchev–Trinajstić information content (AvgIpc) is 2.69. The fraction of sp³-hybridized carbons (Fsp3) is 0.857. The van der Waals surface area contributed by atoms with Crippen molar-refractivity contribution < 1.29 is 19.1 Å². The van der Waals surface area contributed by atoms with Crippen molar-refractivity contribution in [1.29, 1.82) is 0 Å². The number of ether oxygens (including phenoxy) is 1. The van der Waals surface area contributed by atoms with Gasteiger partial charge in [-0.2, -0.15) is 12.6 Å². The van der Waals surface area contributed by atoms with E-state index in [1.54, 1.807) is 0 Å². The molecule has 5 atom stereocenters. The number of rotatable bonds is 14. The van der Waals surface area contributed by atoms with Crippen molar-refractivity contribution in [1.82, 2.24) is 16.0 Å². The van der Waals surface area contributed by atoms with Crippen LogP contribution in [0.1, 0.15) is 54.4 Å². The van der Waals surface area contributed by atoms with Crippen LogP contribution in [0.25, 0.3) is 0 Å². The van der Waals surface area contributed by atoms with Gasteiger partial charge in [-0.1, -0.05) is 48.0 Å². The summed E-state index contributed by atoms with van der Waals surface area (Å²) in [5.41, 5.74) is 5.90. The van der Waals surface area contributed by atoms with Crippen LogP contribution in [0.2, 0.25) is 0 Å². The van der Waals surface area contributed by atoms with Crippen molar-refractivity contribution in [2.75, 3.05) is 19.4 Å². The van der Waals surface area contributed by atoms with E-state index in [1.165, 1.54) is 7.11 Å². The van der Waals surface area contributed by atoms with Crippen LogP contribution < -0.4 is 21.7 Å². The van der Waals surface area contributed by atoms with Gasteiger partial charge < -0.3 is 26.4 Å². The Morgan fingerprint density at radius 3 is 2.00 bits per heavy atom. The number of hydrogen-bond acceptors (Lipinski definition) is 7. The number of carbonyl (C=O) groups is 3. The van der Waals surface area contributed by atoms with Gasteiger partial charge in [0, 0.05) is 18.3 Å². The lowest BCUT2D eigenvalue weighted by molar-refractivity contribution is -0.146. The maximum Gasteiger partial charge on any atom is 0.328 e. The highest BCUT2D eigenvalue weighted by atomic mass is 32.1. The van der Waals surface area contributed by atoms with Crippen molar-refractivity contribution in [3.63, 3.8) is 0 Å². The van der Waals surface area contributed by atoms with Crippen LogP contribution in [-0.2, 0) is 19.1 Å². The Hall–Kier alpha value is -1.32. The molecule has 0 fully saturated rings. The fourth-order valence-corrected chi connectivity index (χ4v) is 3.14. The quantitative estimate of drug-likeness (QED) is 0.201. The third kappa shape index (κ3) is 10.1. The molecule has 0 radical (unpaired) electrons. The molecule has 0 aromatic heterocycles. The van der Waals surface area contributed by atoms with Gasteiger partial charge in [0.15, 0.2) is 0 Å². The third-order valence-corrected chi connectivity index (χ3v) is 5.56. The summed E-state index contributed by atoms with van der Waals surface area (Å²) in [4.78, 5) is 38.1. The Balaban J connectivity index is 5.38. The monoisotopic (exact) mass is 446 g/mol. The van der Waals surface area contributed by atoms with Crippen LogP contribution in [-0.4, -0.2) is 61.4 Å². The molecule has 0 bridgehead atoms. The summed E-state index contributed by atoms with van der Waals surface area (Å²) in [5.74, 6) is -0.563. The molecule has 0 saturated carbocycles. The number of methoxy groups -OCH3 is 1. The Morgan fingerprint density at radius 2 is 1.57 bits per heavy atom. The molecule has 30 heavy (non-hydrogen) atoms. The number of amides is 2. The molecule has 0 aliphatic heterocycles. The van der Waals surface area contributed by atoms with E-state index in [0.29, 0.717) is 25.1 Å². The summed E-state index contributed by atoms with van der Waals surface area (Å²) in [6.45, 7) is 12.1. The highest BCUT2D eigenvalue weighted by Crippen LogP contribution is 2.12. The molecule has 0 aromatic carbocycles. The average molecular weight is 447 g/mol. The topological polar surface area (TPSA) is 123 Å². The van der Waals surface area contributed by atoms with Crippen molar-refractivity contribution in [3.05, 3.63) is 0 Å². The summed E-state index contributed by atoms with van der Waals surface area (Å²) < 4.78 is 4.83. The van der Waals surface area contributed by atoms with Gasteiger partial charge in [-0.05, 0) is 24.2 Å². The minimum atomic E-state index is -0.761. The Bertz CT molecular complexity index is 545. The lowest BCUT2D eigenvalue weighted by Gasteiger charge is -2.29. The normalized spacial score (nSPS) is 16.5. The lowest BCUT2D eigenvalue weighted by atomic mass is 9.95. The molecule has 0 rings (SSSR count). The predicted octanol–water partition coefficient (Wildman–Crippen LogP) is 1.09. The molecule has 0 saturated heterocycles.